The second-order valence-electron chi connectivity index (χ2n) is 14.8. The molecular weight excluding hydrogens is 733 g/mol. The average molecular weight is 769 g/mol. The number of aromatic nitrogens is 4. The van der Waals surface area contributed by atoms with Crippen molar-refractivity contribution in [1.82, 2.24) is 19.5 Å². The Kier molecular flexibility index (Phi) is 8.68. The largest absolute Gasteiger partial charge is 0.321 e. The van der Waals surface area contributed by atoms with E-state index >= 15 is 0 Å². The fourth-order valence-electron chi connectivity index (χ4n) is 8.21. The summed E-state index contributed by atoms with van der Waals surface area (Å²) in [7, 11) is 0. The fourth-order valence-corrected chi connectivity index (χ4v) is 8.21. The lowest BCUT2D eigenvalue weighted by atomic mass is 10.1. The van der Waals surface area contributed by atoms with Gasteiger partial charge < -0.3 is 14.4 Å². The van der Waals surface area contributed by atoms with Crippen molar-refractivity contribution < 1.29 is 0 Å². The van der Waals surface area contributed by atoms with Crippen molar-refractivity contribution in [3.63, 3.8) is 0 Å². The van der Waals surface area contributed by atoms with Crippen LogP contribution in [0.15, 0.2) is 206 Å². The molecule has 0 bridgehead atoms. The SMILES string of the molecule is C(#Cc1ccc2c(c1)c1ccccc1n2-c1cccc(-c2nc(-c3ccccc3)nc(-c3ccccc3)n2)c1)c1cccc(N2CN(c3ccccc3)c3ccccc32)c1. The van der Waals surface area contributed by atoms with Gasteiger partial charge in [0.15, 0.2) is 17.5 Å². The van der Waals surface area contributed by atoms with Gasteiger partial charge in [0.1, 0.15) is 6.67 Å². The van der Waals surface area contributed by atoms with E-state index < -0.39 is 0 Å². The lowest BCUT2D eigenvalue weighted by Crippen LogP contribution is -2.23. The molecule has 0 spiro atoms. The third-order valence-electron chi connectivity index (χ3n) is 11.1. The van der Waals surface area contributed by atoms with E-state index in [9.17, 15) is 0 Å². The quantitative estimate of drug-likeness (QED) is 0.158. The highest BCUT2D eigenvalue weighted by Gasteiger charge is 2.27. The van der Waals surface area contributed by atoms with Crippen LogP contribution in [-0.2, 0) is 0 Å². The van der Waals surface area contributed by atoms with Crippen LogP contribution < -0.4 is 9.80 Å². The predicted octanol–water partition coefficient (Wildman–Crippen LogP) is 12.6. The highest BCUT2D eigenvalue weighted by atomic mass is 15.4. The lowest BCUT2D eigenvalue weighted by molar-refractivity contribution is 0.991. The van der Waals surface area contributed by atoms with Crippen molar-refractivity contribution in [3.8, 4) is 51.7 Å². The molecule has 3 heterocycles. The first-order chi connectivity index (χ1) is 29.7. The number of rotatable bonds is 6. The summed E-state index contributed by atoms with van der Waals surface area (Å²) in [6.45, 7) is 0.725. The zero-order chi connectivity index (χ0) is 39.8. The van der Waals surface area contributed by atoms with E-state index in [0.717, 1.165) is 67.7 Å². The van der Waals surface area contributed by atoms with Crippen LogP contribution in [0.2, 0.25) is 0 Å². The summed E-state index contributed by atoms with van der Waals surface area (Å²) < 4.78 is 2.32. The van der Waals surface area contributed by atoms with Gasteiger partial charge in [-0.25, -0.2) is 15.0 Å². The predicted molar refractivity (Wildman–Crippen MR) is 245 cm³/mol. The smallest absolute Gasteiger partial charge is 0.164 e. The summed E-state index contributed by atoms with van der Waals surface area (Å²) >= 11 is 0. The molecule has 0 N–H and O–H groups in total. The van der Waals surface area contributed by atoms with Crippen molar-refractivity contribution >= 4 is 44.6 Å². The van der Waals surface area contributed by atoms with Crippen LogP contribution >= 0.6 is 0 Å². The monoisotopic (exact) mass is 768 g/mol. The van der Waals surface area contributed by atoms with Crippen LogP contribution in [0.5, 0.6) is 0 Å². The second kappa shape index (κ2) is 14.9. The van der Waals surface area contributed by atoms with Gasteiger partial charge in [0.2, 0.25) is 0 Å². The van der Waals surface area contributed by atoms with E-state index in [1.54, 1.807) is 0 Å². The fraction of sp³-hybridized carbons (Fsp3) is 0.0185. The topological polar surface area (TPSA) is 50.1 Å². The molecule has 1 aliphatic heterocycles. The Labute approximate surface area is 348 Å². The number of benzene rings is 8. The van der Waals surface area contributed by atoms with Crippen molar-refractivity contribution in [2.45, 2.75) is 0 Å². The Bertz CT molecular complexity index is 3200. The van der Waals surface area contributed by atoms with E-state index in [4.69, 9.17) is 15.0 Å². The van der Waals surface area contributed by atoms with Crippen molar-refractivity contribution in [3.05, 3.63) is 217 Å². The molecule has 11 rings (SSSR count). The Hall–Kier alpha value is -8.27. The summed E-state index contributed by atoms with van der Waals surface area (Å²) in [6.07, 6.45) is 0. The summed E-state index contributed by atoms with van der Waals surface area (Å²) in [5.41, 5.74) is 12.6. The van der Waals surface area contributed by atoms with Crippen molar-refractivity contribution in [1.29, 1.82) is 0 Å². The molecule has 0 amide bonds. The van der Waals surface area contributed by atoms with E-state index in [0.29, 0.717) is 17.5 Å². The van der Waals surface area contributed by atoms with Crippen LogP contribution in [0.4, 0.5) is 22.7 Å². The van der Waals surface area contributed by atoms with Crippen LogP contribution in [0, 0.1) is 11.8 Å². The first kappa shape index (κ1) is 34.9. The van der Waals surface area contributed by atoms with Gasteiger partial charge in [-0.3, -0.25) is 0 Å². The molecule has 0 radical (unpaired) electrons. The molecule has 0 saturated carbocycles. The van der Waals surface area contributed by atoms with Crippen LogP contribution in [0.25, 0.3) is 61.7 Å². The highest BCUT2D eigenvalue weighted by molar-refractivity contribution is 6.09. The maximum absolute atomic E-state index is 5.01. The van der Waals surface area contributed by atoms with Crippen LogP contribution in [0.3, 0.4) is 0 Å². The molecule has 0 fully saturated rings. The normalized spacial score (nSPS) is 12.1. The Morgan fingerprint density at radius 1 is 0.350 bits per heavy atom. The summed E-state index contributed by atoms with van der Waals surface area (Å²) in [5, 5.41) is 2.31. The maximum atomic E-state index is 5.01. The molecule has 2 aromatic heterocycles. The van der Waals surface area contributed by atoms with Gasteiger partial charge in [-0.15, -0.1) is 0 Å². The molecule has 0 unspecified atom stereocenters. The number of hydrogen-bond donors (Lipinski definition) is 0. The van der Waals surface area contributed by atoms with Gasteiger partial charge in [-0.1, -0.05) is 139 Å². The summed E-state index contributed by atoms with van der Waals surface area (Å²) in [6, 6.07) is 71.4. The second-order valence-corrected chi connectivity index (χ2v) is 14.8. The molecule has 10 aromatic rings. The van der Waals surface area contributed by atoms with E-state index in [2.05, 4.69) is 172 Å². The number of nitrogens with zero attached hydrogens (tertiary/aromatic N) is 6. The minimum absolute atomic E-state index is 0.620. The Morgan fingerprint density at radius 2 is 0.850 bits per heavy atom. The van der Waals surface area contributed by atoms with E-state index in [1.807, 2.05) is 60.7 Å². The molecule has 0 aliphatic carbocycles. The highest BCUT2D eigenvalue weighted by Crippen LogP contribution is 2.44. The lowest BCUT2D eigenvalue weighted by Gasteiger charge is -2.22. The van der Waals surface area contributed by atoms with E-state index in [-0.39, 0.29) is 0 Å². The van der Waals surface area contributed by atoms with Gasteiger partial charge in [0.25, 0.3) is 0 Å². The van der Waals surface area contributed by atoms with E-state index in [1.165, 1.54) is 17.1 Å². The Balaban J connectivity index is 0.944. The number of fused-ring (bicyclic) bond motifs is 4. The third-order valence-corrected chi connectivity index (χ3v) is 11.1. The Morgan fingerprint density at radius 3 is 1.55 bits per heavy atom. The van der Waals surface area contributed by atoms with Crippen LogP contribution in [-0.4, -0.2) is 26.2 Å². The van der Waals surface area contributed by atoms with Gasteiger partial charge in [-0.2, -0.15) is 0 Å². The number of para-hydroxylation sites is 4. The molecule has 8 aromatic carbocycles. The first-order valence-electron chi connectivity index (χ1n) is 20.1. The minimum Gasteiger partial charge on any atom is -0.321 e. The van der Waals surface area contributed by atoms with Gasteiger partial charge in [0.05, 0.1) is 22.4 Å². The third kappa shape index (κ3) is 6.41. The molecule has 282 valence electrons. The van der Waals surface area contributed by atoms with Crippen LogP contribution in [0.1, 0.15) is 11.1 Å². The standard InChI is InChI=1S/C54H36N6/c1-4-17-40(18-5-1)52-55-53(41-19-6-2-7-20-41)57-54(56-52)42-21-15-25-45(36-42)60-48-27-11-10-26-46(48)47-35-39(32-33-49(47)60)31-30-38-16-14-24-44(34-38)59-37-58(43-22-8-3-9-23-43)50-28-12-13-29-51(50)59/h1-29,32-36H,37H2. The summed E-state index contributed by atoms with van der Waals surface area (Å²) in [4.78, 5) is 19.6. The van der Waals surface area contributed by atoms with Gasteiger partial charge in [-0.05, 0) is 78.9 Å². The minimum atomic E-state index is 0.620. The molecular formula is C54H36N6. The molecule has 6 nitrogen and oxygen atoms in total. The molecule has 0 atom stereocenters. The molecule has 60 heavy (non-hydrogen) atoms. The summed E-state index contributed by atoms with van der Waals surface area (Å²) in [5.74, 6) is 8.88. The van der Waals surface area contributed by atoms with Crippen molar-refractivity contribution in [2.75, 3.05) is 16.5 Å². The molecule has 1 aliphatic rings. The maximum Gasteiger partial charge on any atom is 0.164 e. The van der Waals surface area contributed by atoms with Crippen molar-refractivity contribution in [2.24, 2.45) is 0 Å². The first-order valence-corrected chi connectivity index (χ1v) is 20.1. The molecule has 6 heteroatoms. The number of hydrogen-bond acceptors (Lipinski definition) is 5. The zero-order valence-electron chi connectivity index (χ0n) is 32.5. The number of anilines is 4. The zero-order valence-corrected chi connectivity index (χ0v) is 32.5. The average Bonchev–Trinajstić information content (AvgIpc) is 3.88. The van der Waals surface area contributed by atoms with Gasteiger partial charge in [0, 0.05) is 55.7 Å². The molecule has 0 saturated heterocycles. The van der Waals surface area contributed by atoms with Gasteiger partial charge >= 0.3 is 0 Å².